The molecule has 1 unspecified atom stereocenters. The first-order valence-corrected chi connectivity index (χ1v) is 5.90. The number of hydrogen-bond donors (Lipinski definition) is 1. The second-order valence-corrected chi connectivity index (χ2v) is 4.33. The van der Waals surface area contributed by atoms with E-state index in [1.807, 2.05) is 13.8 Å². The molecular weight excluding hydrogens is 246 g/mol. The SMILES string of the molecule is Cc1noc2ncnc(NC(C)Cn3cncn3)c12. The van der Waals surface area contributed by atoms with Gasteiger partial charge in [0.15, 0.2) is 0 Å². The fourth-order valence-corrected chi connectivity index (χ4v) is 1.92. The summed E-state index contributed by atoms with van der Waals surface area (Å²) in [7, 11) is 0. The highest BCUT2D eigenvalue weighted by Gasteiger charge is 2.13. The van der Waals surface area contributed by atoms with Gasteiger partial charge in [-0.2, -0.15) is 10.1 Å². The Labute approximate surface area is 108 Å². The Hall–Kier alpha value is -2.51. The molecule has 1 atom stereocenters. The maximum Gasteiger partial charge on any atom is 0.263 e. The molecule has 0 aliphatic carbocycles. The third kappa shape index (κ3) is 2.24. The summed E-state index contributed by atoms with van der Waals surface area (Å²) in [5, 5.41) is 12.1. The summed E-state index contributed by atoms with van der Waals surface area (Å²) in [6.45, 7) is 4.59. The molecule has 0 bridgehead atoms. The van der Waals surface area contributed by atoms with Gasteiger partial charge >= 0.3 is 0 Å². The highest BCUT2D eigenvalue weighted by Crippen LogP contribution is 2.22. The van der Waals surface area contributed by atoms with Gasteiger partial charge in [-0.3, -0.25) is 4.68 Å². The number of fused-ring (bicyclic) bond motifs is 1. The standard InChI is InChI=1S/C11H13N7O/c1-7(3-18-6-12-4-15-18)16-10-9-8(2)17-19-11(9)14-5-13-10/h4-7H,3H2,1-2H3,(H,13,14,16). The molecule has 98 valence electrons. The third-order valence-electron chi connectivity index (χ3n) is 2.75. The summed E-state index contributed by atoms with van der Waals surface area (Å²) in [5.74, 6) is 0.719. The van der Waals surface area contributed by atoms with Crippen LogP contribution in [0.15, 0.2) is 23.5 Å². The van der Waals surface area contributed by atoms with Crippen LogP contribution in [0.1, 0.15) is 12.6 Å². The summed E-state index contributed by atoms with van der Waals surface area (Å²) in [5.41, 5.74) is 1.26. The average Bonchev–Trinajstić information content (AvgIpc) is 3.00. The molecule has 0 fully saturated rings. The molecule has 3 aromatic heterocycles. The van der Waals surface area contributed by atoms with Crippen LogP contribution >= 0.6 is 0 Å². The fourth-order valence-electron chi connectivity index (χ4n) is 1.92. The van der Waals surface area contributed by atoms with Crippen LogP contribution in [0.2, 0.25) is 0 Å². The topological polar surface area (TPSA) is 94.6 Å². The van der Waals surface area contributed by atoms with Gasteiger partial charge in [-0.25, -0.2) is 9.97 Å². The highest BCUT2D eigenvalue weighted by molar-refractivity contribution is 5.87. The lowest BCUT2D eigenvalue weighted by molar-refractivity contribution is 0.442. The van der Waals surface area contributed by atoms with Gasteiger partial charge in [0, 0.05) is 6.04 Å². The second-order valence-electron chi connectivity index (χ2n) is 4.33. The van der Waals surface area contributed by atoms with E-state index in [1.165, 1.54) is 12.7 Å². The van der Waals surface area contributed by atoms with Crippen LogP contribution in [0.5, 0.6) is 0 Å². The monoisotopic (exact) mass is 259 g/mol. The van der Waals surface area contributed by atoms with Crippen molar-refractivity contribution in [2.24, 2.45) is 0 Å². The van der Waals surface area contributed by atoms with Gasteiger partial charge in [-0.05, 0) is 13.8 Å². The number of hydrogen-bond acceptors (Lipinski definition) is 7. The van der Waals surface area contributed by atoms with Crippen LogP contribution in [-0.4, -0.2) is 35.9 Å². The van der Waals surface area contributed by atoms with Crippen molar-refractivity contribution >= 4 is 16.9 Å². The molecule has 3 rings (SSSR count). The minimum Gasteiger partial charge on any atom is -0.365 e. The predicted octanol–water partition coefficient (Wildman–Crippen LogP) is 1.02. The zero-order valence-electron chi connectivity index (χ0n) is 10.6. The largest absolute Gasteiger partial charge is 0.365 e. The maximum atomic E-state index is 5.11. The Balaban J connectivity index is 1.83. The second kappa shape index (κ2) is 4.63. The summed E-state index contributed by atoms with van der Waals surface area (Å²) in [6, 6.07) is 0.133. The fraction of sp³-hybridized carbons (Fsp3) is 0.364. The van der Waals surface area contributed by atoms with E-state index in [-0.39, 0.29) is 6.04 Å². The van der Waals surface area contributed by atoms with E-state index in [2.05, 4.69) is 30.5 Å². The summed E-state index contributed by atoms with van der Waals surface area (Å²) in [4.78, 5) is 12.2. The van der Waals surface area contributed by atoms with Crippen molar-refractivity contribution in [2.45, 2.75) is 26.4 Å². The van der Waals surface area contributed by atoms with Crippen LogP contribution in [0.25, 0.3) is 11.1 Å². The maximum absolute atomic E-state index is 5.11. The molecule has 0 aromatic carbocycles. The lowest BCUT2D eigenvalue weighted by Crippen LogP contribution is -2.23. The summed E-state index contributed by atoms with van der Waals surface area (Å²) in [6.07, 6.45) is 4.65. The quantitative estimate of drug-likeness (QED) is 0.747. The van der Waals surface area contributed by atoms with E-state index in [1.54, 1.807) is 11.0 Å². The normalized spacial score (nSPS) is 12.7. The van der Waals surface area contributed by atoms with E-state index in [0.29, 0.717) is 12.3 Å². The Bertz CT molecular complexity index is 675. The Kier molecular flexibility index (Phi) is 2.82. The number of rotatable bonds is 4. The smallest absolute Gasteiger partial charge is 0.263 e. The van der Waals surface area contributed by atoms with Gasteiger partial charge in [0.05, 0.1) is 12.2 Å². The van der Waals surface area contributed by atoms with Gasteiger partial charge in [-0.15, -0.1) is 0 Å². The molecular formula is C11H13N7O. The van der Waals surface area contributed by atoms with E-state index in [9.17, 15) is 0 Å². The van der Waals surface area contributed by atoms with E-state index < -0.39 is 0 Å². The van der Waals surface area contributed by atoms with Gasteiger partial charge < -0.3 is 9.84 Å². The van der Waals surface area contributed by atoms with Crippen LogP contribution in [0.4, 0.5) is 5.82 Å². The molecule has 19 heavy (non-hydrogen) atoms. The average molecular weight is 259 g/mol. The minimum atomic E-state index is 0.133. The molecule has 0 saturated heterocycles. The molecule has 0 aliphatic rings. The van der Waals surface area contributed by atoms with Crippen LogP contribution < -0.4 is 5.32 Å². The summed E-state index contributed by atoms with van der Waals surface area (Å²) >= 11 is 0. The number of nitrogens with one attached hydrogen (secondary N) is 1. The predicted molar refractivity (Wildman–Crippen MR) is 67.4 cm³/mol. The van der Waals surface area contributed by atoms with Crippen LogP contribution in [-0.2, 0) is 6.54 Å². The van der Waals surface area contributed by atoms with Crippen molar-refractivity contribution in [1.29, 1.82) is 0 Å². The van der Waals surface area contributed by atoms with Gasteiger partial charge in [0.2, 0.25) is 0 Å². The zero-order chi connectivity index (χ0) is 13.2. The minimum absolute atomic E-state index is 0.133. The Morgan fingerprint density at radius 2 is 2.26 bits per heavy atom. The highest BCUT2D eigenvalue weighted by atomic mass is 16.5. The van der Waals surface area contributed by atoms with Gasteiger partial charge in [0.1, 0.15) is 30.2 Å². The first-order valence-electron chi connectivity index (χ1n) is 5.90. The molecule has 0 radical (unpaired) electrons. The van der Waals surface area contributed by atoms with Gasteiger partial charge in [-0.1, -0.05) is 5.16 Å². The Morgan fingerprint density at radius 1 is 1.37 bits per heavy atom. The summed E-state index contributed by atoms with van der Waals surface area (Å²) < 4.78 is 6.87. The van der Waals surface area contributed by atoms with Crippen molar-refractivity contribution < 1.29 is 4.52 Å². The lowest BCUT2D eigenvalue weighted by atomic mass is 10.2. The van der Waals surface area contributed by atoms with Crippen LogP contribution in [0.3, 0.4) is 0 Å². The number of aryl methyl sites for hydroxylation is 1. The Morgan fingerprint density at radius 3 is 3.05 bits per heavy atom. The van der Waals surface area contributed by atoms with Crippen molar-refractivity contribution in [2.75, 3.05) is 5.32 Å². The first kappa shape index (κ1) is 11.6. The third-order valence-corrected chi connectivity index (χ3v) is 2.75. The number of aromatic nitrogens is 6. The van der Waals surface area contributed by atoms with Crippen molar-refractivity contribution in [1.82, 2.24) is 29.9 Å². The van der Waals surface area contributed by atoms with E-state index in [4.69, 9.17) is 4.52 Å². The lowest BCUT2D eigenvalue weighted by Gasteiger charge is -2.14. The molecule has 0 aliphatic heterocycles. The van der Waals surface area contributed by atoms with Crippen molar-refractivity contribution in [3.8, 4) is 0 Å². The van der Waals surface area contributed by atoms with Crippen molar-refractivity contribution in [3.05, 3.63) is 24.7 Å². The van der Waals surface area contributed by atoms with Gasteiger partial charge in [0.25, 0.3) is 5.71 Å². The molecule has 3 heterocycles. The molecule has 1 N–H and O–H groups in total. The molecule has 0 spiro atoms. The molecule has 0 amide bonds. The van der Waals surface area contributed by atoms with E-state index in [0.717, 1.165) is 16.9 Å². The number of nitrogens with zero attached hydrogens (tertiary/aromatic N) is 6. The van der Waals surface area contributed by atoms with E-state index >= 15 is 0 Å². The molecule has 8 nitrogen and oxygen atoms in total. The molecule has 8 heteroatoms. The molecule has 0 saturated carbocycles. The molecule has 3 aromatic rings. The van der Waals surface area contributed by atoms with Crippen LogP contribution in [0, 0.1) is 6.92 Å². The first-order chi connectivity index (χ1) is 9.24. The van der Waals surface area contributed by atoms with Crippen molar-refractivity contribution in [3.63, 3.8) is 0 Å². The number of anilines is 1. The zero-order valence-corrected chi connectivity index (χ0v) is 10.6.